The molecule has 0 bridgehead atoms. The molecule has 0 saturated carbocycles. The predicted octanol–water partition coefficient (Wildman–Crippen LogP) is 4.22. The lowest BCUT2D eigenvalue weighted by molar-refractivity contribution is 0.102. The highest BCUT2D eigenvalue weighted by atomic mass is 79.9. The molecule has 0 aromatic heterocycles. The Kier molecular flexibility index (Phi) is 4.25. The molecule has 0 aliphatic carbocycles. The molecule has 0 unspecified atom stereocenters. The van der Waals surface area contributed by atoms with Crippen LogP contribution in [-0.2, 0) is 0 Å². The average molecular weight is 362 g/mol. The Balaban J connectivity index is 2.35. The number of carbonyl (C=O) groups is 1. The number of carbonyl (C=O) groups excluding carboxylic acids is 1. The van der Waals surface area contributed by atoms with E-state index in [0.717, 1.165) is 12.1 Å². The van der Waals surface area contributed by atoms with E-state index >= 15 is 0 Å². The van der Waals surface area contributed by atoms with Crippen molar-refractivity contribution < 1.29 is 13.6 Å². The fraction of sp³-hybridized carbons (Fsp3) is 0. The van der Waals surface area contributed by atoms with Crippen LogP contribution in [0.3, 0.4) is 0 Å². The molecule has 0 spiro atoms. The summed E-state index contributed by atoms with van der Waals surface area (Å²) in [5, 5.41) is 2.82. The van der Waals surface area contributed by atoms with Crippen molar-refractivity contribution in [3.8, 4) is 0 Å². The summed E-state index contributed by atoms with van der Waals surface area (Å²) in [5.41, 5.74) is 4.71. The van der Waals surface area contributed by atoms with E-state index in [9.17, 15) is 13.6 Å². The largest absolute Gasteiger partial charge is 0.396 e. The van der Waals surface area contributed by atoms with Gasteiger partial charge in [0.15, 0.2) is 5.82 Å². The van der Waals surface area contributed by atoms with Gasteiger partial charge in [0, 0.05) is 9.50 Å². The van der Waals surface area contributed by atoms with E-state index in [1.807, 2.05) is 0 Å². The van der Waals surface area contributed by atoms with Gasteiger partial charge in [0.25, 0.3) is 5.91 Å². The molecule has 0 fully saturated rings. The zero-order chi connectivity index (χ0) is 14.9. The molecule has 2 rings (SSSR count). The van der Waals surface area contributed by atoms with E-state index in [0.29, 0.717) is 15.2 Å². The van der Waals surface area contributed by atoms with Crippen molar-refractivity contribution >= 4 is 44.8 Å². The lowest BCUT2D eigenvalue weighted by Gasteiger charge is -2.09. The van der Waals surface area contributed by atoms with Gasteiger partial charge in [-0.3, -0.25) is 4.79 Å². The topological polar surface area (TPSA) is 55.1 Å². The third kappa shape index (κ3) is 3.08. The van der Waals surface area contributed by atoms with Crippen LogP contribution in [-0.4, -0.2) is 5.91 Å². The van der Waals surface area contributed by atoms with E-state index in [1.165, 1.54) is 6.07 Å². The molecule has 0 saturated heterocycles. The molecule has 0 heterocycles. The highest BCUT2D eigenvalue weighted by molar-refractivity contribution is 9.10. The minimum atomic E-state index is -0.970. The number of benzene rings is 2. The minimum absolute atomic E-state index is 0.338. The highest BCUT2D eigenvalue weighted by Crippen LogP contribution is 2.27. The van der Waals surface area contributed by atoms with Crippen LogP contribution in [0.25, 0.3) is 0 Å². The summed E-state index contributed by atoms with van der Waals surface area (Å²) in [5.74, 6) is -2.59. The van der Waals surface area contributed by atoms with Crippen molar-refractivity contribution in [3.05, 3.63) is 57.0 Å². The molecule has 3 N–H and O–H groups in total. The first-order chi connectivity index (χ1) is 9.38. The Morgan fingerprint density at radius 1 is 1.25 bits per heavy atom. The zero-order valence-electron chi connectivity index (χ0n) is 9.88. The number of rotatable bonds is 2. The standard InChI is InChI=1S/C13H8BrClF2N2O/c14-9-2-1-6(15)3-11(9)19-13(20)8-4-7(16)5-10(18)12(8)17/h1-5H,18H2,(H,19,20). The van der Waals surface area contributed by atoms with Gasteiger partial charge in [-0.05, 0) is 46.3 Å². The van der Waals surface area contributed by atoms with Gasteiger partial charge in [-0.15, -0.1) is 0 Å². The van der Waals surface area contributed by atoms with Gasteiger partial charge < -0.3 is 11.1 Å². The van der Waals surface area contributed by atoms with Crippen LogP contribution in [0.2, 0.25) is 5.02 Å². The summed E-state index contributed by atoms with van der Waals surface area (Å²) in [6.07, 6.45) is 0. The fourth-order valence-corrected chi connectivity index (χ4v) is 2.08. The van der Waals surface area contributed by atoms with Crippen LogP contribution in [0.5, 0.6) is 0 Å². The van der Waals surface area contributed by atoms with Crippen molar-refractivity contribution in [2.75, 3.05) is 11.1 Å². The second-order valence-electron chi connectivity index (χ2n) is 3.93. The van der Waals surface area contributed by atoms with E-state index < -0.39 is 28.8 Å². The van der Waals surface area contributed by atoms with Crippen LogP contribution >= 0.6 is 27.5 Å². The van der Waals surface area contributed by atoms with Crippen LogP contribution in [0.4, 0.5) is 20.2 Å². The zero-order valence-corrected chi connectivity index (χ0v) is 12.2. The van der Waals surface area contributed by atoms with Crippen molar-refractivity contribution in [3.63, 3.8) is 0 Å². The molecule has 0 atom stereocenters. The SMILES string of the molecule is Nc1cc(F)cc(C(=O)Nc2cc(Cl)ccc2Br)c1F. The second kappa shape index (κ2) is 5.76. The molecule has 2 aromatic rings. The van der Waals surface area contributed by atoms with Gasteiger partial charge in [0.1, 0.15) is 5.82 Å². The monoisotopic (exact) mass is 360 g/mol. The molecule has 1 amide bonds. The quantitative estimate of drug-likeness (QED) is 0.787. The number of nitrogen functional groups attached to an aromatic ring is 1. The molecule has 7 heteroatoms. The average Bonchev–Trinajstić information content (AvgIpc) is 2.38. The van der Waals surface area contributed by atoms with Crippen molar-refractivity contribution in [2.24, 2.45) is 0 Å². The predicted molar refractivity (Wildman–Crippen MR) is 77.9 cm³/mol. The maximum absolute atomic E-state index is 13.7. The molecular formula is C13H8BrClF2N2O. The molecule has 3 nitrogen and oxygen atoms in total. The number of hydrogen-bond acceptors (Lipinski definition) is 2. The van der Waals surface area contributed by atoms with Crippen LogP contribution in [0.1, 0.15) is 10.4 Å². The van der Waals surface area contributed by atoms with Crippen LogP contribution in [0.15, 0.2) is 34.8 Å². The van der Waals surface area contributed by atoms with Gasteiger partial charge >= 0.3 is 0 Å². The first kappa shape index (κ1) is 14.7. The number of nitrogens with two attached hydrogens (primary N) is 1. The smallest absolute Gasteiger partial charge is 0.258 e. The number of anilines is 2. The number of hydrogen-bond donors (Lipinski definition) is 2. The molecule has 0 radical (unpaired) electrons. The van der Waals surface area contributed by atoms with Gasteiger partial charge in [0.2, 0.25) is 0 Å². The third-order valence-electron chi connectivity index (χ3n) is 2.49. The molecule has 0 aliphatic heterocycles. The van der Waals surface area contributed by atoms with Crippen LogP contribution < -0.4 is 11.1 Å². The normalized spacial score (nSPS) is 10.4. The summed E-state index contributed by atoms with van der Waals surface area (Å²) in [6, 6.07) is 6.29. The maximum Gasteiger partial charge on any atom is 0.258 e. The van der Waals surface area contributed by atoms with Gasteiger partial charge in [-0.25, -0.2) is 8.78 Å². The molecule has 20 heavy (non-hydrogen) atoms. The Bertz CT molecular complexity index is 694. The first-order valence-corrected chi connectivity index (χ1v) is 6.56. The summed E-state index contributed by atoms with van der Waals surface area (Å²) >= 11 is 9.01. The summed E-state index contributed by atoms with van der Waals surface area (Å²) < 4.78 is 27.5. The highest BCUT2D eigenvalue weighted by Gasteiger charge is 2.17. The lowest BCUT2D eigenvalue weighted by Crippen LogP contribution is -2.15. The van der Waals surface area contributed by atoms with E-state index in [2.05, 4.69) is 21.2 Å². The Hall–Kier alpha value is -1.66. The van der Waals surface area contributed by atoms with Crippen LogP contribution in [0, 0.1) is 11.6 Å². The maximum atomic E-state index is 13.7. The number of nitrogens with one attached hydrogen (secondary N) is 1. The van der Waals surface area contributed by atoms with Gasteiger partial charge in [0.05, 0.1) is 16.9 Å². The van der Waals surface area contributed by atoms with Crippen molar-refractivity contribution in [1.82, 2.24) is 0 Å². The number of amides is 1. The minimum Gasteiger partial charge on any atom is -0.396 e. The van der Waals surface area contributed by atoms with Crippen molar-refractivity contribution in [1.29, 1.82) is 0 Å². The summed E-state index contributed by atoms with van der Waals surface area (Å²) in [7, 11) is 0. The van der Waals surface area contributed by atoms with E-state index in [4.69, 9.17) is 17.3 Å². The van der Waals surface area contributed by atoms with Gasteiger partial charge in [-0.2, -0.15) is 0 Å². The Morgan fingerprint density at radius 3 is 2.65 bits per heavy atom. The fourth-order valence-electron chi connectivity index (χ4n) is 1.56. The van der Waals surface area contributed by atoms with E-state index in [-0.39, 0.29) is 0 Å². The molecular weight excluding hydrogens is 354 g/mol. The van der Waals surface area contributed by atoms with Crippen molar-refractivity contribution in [2.45, 2.75) is 0 Å². The lowest BCUT2D eigenvalue weighted by atomic mass is 10.1. The van der Waals surface area contributed by atoms with E-state index in [1.54, 1.807) is 12.1 Å². The number of halogens is 4. The first-order valence-electron chi connectivity index (χ1n) is 5.39. The Labute approximate surface area is 126 Å². The second-order valence-corrected chi connectivity index (χ2v) is 5.23. The molecule has 2 aromatic carbocycles. The van der Waals surface area contributed by atoms with Gasteiger partial charge in [-0.1, -0.05) is 11.6 Å². The molecule has 0 aliphatic rings. The molecule has 104 valence electrons. The summed E-state index contributed by atoms with van der Waals surface area (Å²) in [4.78, 5) is 12.0. The third-order valence-corrected chi connectivity index (χ3v) is 3.41. The Morgan fingerprint density at radius 2 is 1.95 bits per heavy atom. The summed E-state index contributed by atoms with van der Waals surface area (Å²) in [6.45, 7) is 0.